The number of aromatic nitrogens is 5. The minimum Gasteiger partial charge on any atom is -0.448 e. The van der Waals surface area contributed by atoms with Crippen LogP contribution in [0.5, 0.6) is 0 Å². The lowest BCUT2D eigenvalue weighted by Gasteiger charge is -2.41. The zero-order chi connectivity index (χ0) is 20.5. The van der Waals surface area contributed by atoms with Crippen LogP contribution in [-0.2, 0) is 10.2 Å². The van der Waals surface area contributed by atoms with E-state index in [1.807, 2.05) is 6.92 Å². The van der Waals surface area contributed by atoms with E-state index in [0.29, 0.717) is 29.5 Å². The second kappa shape index (κ2) is 6.14. The smallest absolute Gasteiger partial charge is 0.263 e. The van der Waals surface area contributed by atoms with Gasteiger partial charge < -0.3 is 19.8 Å². The molecule has 1 aliphatic carbocycles. The number of ether oxygens (including phenoxy) is 1. The first-order valence-corrected chi connectivity index (χ1v) is 10.5. The van der Waals surface area contributed by atoms with Crippen molar-refractivity contribution in [1.82, 2.24) is 25.1 Å². The minimum absolute atomic E-state index is 0.0220. The highest BCUT2D eigenvalue weighted by molar-refractivity contribution is 5.80. The highest BCUT2D eigenvalue weighted by Crippen LogP contribution is 2.53. The van der Waals surface area contributed by atoms with E-state index in [9.17, 15) is 4.79 Å². The van der Waals surface area contributed by atoms with Gasteiger partial charge in [0.15, 0.2) is 5.65 Å². The monoisotopic (exact) mass is 411 g/mol. The van der Waals surface area contributed by atoms with Crippen LogP contribution in [0.2, 0.25) is 0 Å². The van der Waals surface area contributed by atoms with Gasteiger partial charge in [0.05, 0.1) is 30.0 Å². The molecule has 2 atom stereocenters. The Morgan fingerprint density at radius 1 is 1.27 bits per heavy atom. The minimum atomic E-state index is -0.402. The summed E-state index contributed by atoms with van der Waals surface area (Å²) in [4.78, 5) is 27.1. The van der Waals surface area contributed by atoms with E-state index in [1.165, 1.54) is 0 Å². The molecule has 3 aliphatic rings. The maximum absolute atomic E-state index is 13.0. The molecule has 3 fully saturated rings. The largest absolute Gasteiger partial charge is 0.448 e. The van der Waals surface area contributed by atoms with Crippen molar-refractivity contribution >= 4 is 17.0 Å². The molecule has 5 heterocycles. The van der Waals surface area contributed by atoms with Gasteiger partial charge in [0.25, 0.3) is 5.56 Å². The zero-order valence-electron chi connectivity index (χ0n) is 16.9. The summed E-state index contributed by atoms with van der Waals surface area (Å²) in [5.41, 5.74) is 7.01. The lowest BCUT2D eigenvalue weighted by atomic mass is 9.73. The number of hydrogen-bond donors (Lipinski definition) is 3. The Hall–Kier alpha value is -2.72. The van der Waals surface area contributed by atoms with Crippen molar-refractivity contribution in [3.8, 4) is 0 Å². The summed E-state index contributed by atoms with van der Waals surface area (Å²) >= 11 is 0. The third kappa shape index (κ3) is 2.43. The number of hydrogen-bond acceptors (Lipinski definition) is 8. The van der Waals surface area contributed by atoms with Crippen LogP contribution >= 0.6 is 0 Å². The van der Waals surface area contributed by atoms with Crippen LogP contribution < -0.4 is 16.2 Å². The molecule has 0 amide bonds. The lowest BCUT2D eigenvalue weighted by Crippen LogP contribution is -2.51. The first-order valence-electron chi connectivity index (χ1n) is 10.5. The maximum atomic E-state index is 13.0. The van der Waals surface area contributed by atoms with Gasteiger partial charge in [0.1, 0.15) is 11.6 Å². The van der Waals surface area contributed by atoms with Crippen LogP contribution in [0.15, 0.2) is 21.7 Å². The molecule has 6 rings (SSSR count). The first-order chi connectivity index (χ1) is 14.5. The highest BCUT2D eigenvalue weighted by Gasteiger charge is 2.53. The van der Waals surface area contributed by atoms with Crippen LogP contribution in [0.25, 0.3) is 11.0 Å². The van der Waals surface area contributed by atoms with Gasteiger partial charge >= 0.3 is 0 Å². The summed E-state index contributed by atoms with van der Waals surface area (Å²) < 4.78 is 11.3. The van der Waals surface area contributed by atoms with E-state index < -0.39 is 5.41 Å². The van der Waals surface area contributed by atoms with E-state index >= 15 is 0 Å². The van der Waals surface area contributed by atoms with Crippen molar-refractivity contribution in [2.24, 2.45) is 11.1 Å². The third-order valence-corrected chi connectivity index (χ3v) is 7.39. The Morgan fingerprint density at radius 2 is 2.07 bits per heavy atom. The predicted octanol–water partition coefficient (Wildman–Crippen LogP) is 1.05. The third-order valence-electron chi connectivity index (χ3n) is 7.39. The normalized spacial score (nSPS) is 27.2. The first kappa shape index (κ1) is 18.1. The zero-order valence-corrected chi connectivity index (χ0v) is 16.9. The van der Waals surface area contributed by atoms with Gasteiger partial charge in [-0.05, 0) is 32.6 Å². The van der Waals surface area contributed by atoms with Gasteiger partial charge in [-0.3, -0.25) is 14.9 Å². The van der Waals surface area contributed by atoms with Crippen LogP contribution in [0.4, 0.5) is 5.95 Å². The molecule has 2 saturated heterocycles. The molecule has 158 valence electrons. The van der Waals surface area contributed by atoms with Crippen molar-refractivity contribution in [3.05, 3.63) is 34.4 Å². The van der Waals surface area contributed by atoms with Gasteiger partial charge in [-0.1, -0.05) is 0 Å². The fraction of sp³-hybridized carbons (Fsp3) is 0.600. The molecular weight excluding hydrogens is 386 g/mol. The highest BCUT2D eigenvalue weighted by atomic mass is 16.5. The number of nitrogens with two attached hydrogens (primary N) is 1. The van der Waals surface area contributed by atoms with Crippen molar-refractivity contribution in [2.45, 2.75) is 50.2 Å². The van der Waals surface area contributed by atoms with Crippen LogP contribution in [-0.4, -0.2) is 57.0 Å². The van der Waals surface area contributed by atoms with Crippen LogP contribution in [0, 0.1) is 5.41 Å². The maximum Gasteiger partial charge on any atom is 0.263 e. The Labute approximate surface area is 172 Å². The van der Waals surface area contributed by atoms with Gasteiger partial charge in [0.2, 0.25) is 11.8 Å². The molecule has 1 spiro atoms. The topological polar surface area (TPSA) is 139 Å². The van der Waals surface area contributed by atoms with Crippen LogP contribution in [0.1, 0.15) is 44.2 Å². The van der Waals surface area contributed by atoms with E-state index in [4.69, 9.17) is 14.9 Å². The average Bonchev–Trinajstić information content (AvgIpc) is 3.09. The molecule has 0 bridgehead atoms. The number of oxazole rings is 1. The van der Waals surface area contributed by atoms with Crippen molar-refractivity contribution in [2.75, 3.05) is 24.6 Å². The number of fused-ring (bicyclic) bond motifs is 1. The molecule has 4 N–H and O–H groups in total. The molecule has 0 unspecified atom stereocenters. The SMILES string of the molecule is C[C@@H]1OCC2(CCN(c3nc4n[nH]c(C5(c6ncco6)CC5)c4c(=O)[nH]3)CC2)[C@@H]1N. The summed E-state index contributed by atoms with van der Waals surface area (Å²) in [6.07, 6.45) is 6.83. The van der Waals surface area contributed by atoms with Crippen molar-refractivity contribution < 1.29 is 9.15 Å². The molecule has 0 radical (unpaired) electrons. The summed E-state index contributed by atoms with van der Waals surface area (Å²) in [5, 5.41) is 7.88. The number of H-pyrrole nitrogens is 2. The Morgan fingerprint density at radius 3 is 2.70 bits per heavy atom. The standard InChI is InChI=1S/C20H25N7O3/c1-11-13(21)19(10-30-11)4-7-27(8-5-19)18-23-15-12(16(28)24-18)14(25-26-15)20(2-3-20)17-22-6-9-29-17/h6,9,11,13H,2-5,7-8,10,21H2,1H3,(H2,23,24,25,26,28)/t11-,13+/m0/s1. The van der Waals surface area contributed by atoms with E-state index in [-0.39, 0.29) is 23.1 Å². The predicted molar refractivity (Wildman–Crippen MR) is 108 cm³/mol. The average molecular weight is 411 g/mol. The molecule has 3 aromatic rings. The number of nitrogens with zero attached hydrogens (tertiary/aromatic N) is 4. The Bertz CT molecular complexity index is 1140. The molecule has 0 aromatic carbocycles. The summed E-state index contributed by atoms with van der Waals surface area (Å²) in [7, 11) is 0. The van der Waals surface area contributed by atoms with Gasteiger partial charge in [-0.15, -0.1) is 0 Å². The number of anilines is 1. The quantitative estimate of drug-likeness (QED) is 0.581. The second-order valence-electron chi connectivity index (χ2n) is 9.00. The molecule has 10 nitrogen and oxygen atoms in total. The Kier molecular flexibility index (Phi) is 3.70. The van der Waals surface area contributed by atoms with Crippen molar-refractivity contribution in [3.63, 3.8) is 0 Å². The van der Waals surface area contributed by atoms with Crippen molar-refractivity contribution in [1.29, 1.82) is 0 Å². The molecule has 1 saturated carbocycles. The molecule has 30 heavy (non-hydrogen) atoms. The molecule has 3 aromatic heterocycles. The molecule has 10 heteroatoms. The van der Waals surface area contributed by atoms with Gasteiger partial charge in [-0.25, -0.2) is 4.98 Å². The number of piperidine rings is 1. The van der Waals surface area contributed by atoms with Gasteiger partial charge in [0, 0.05) is 24.5 Å². The number of rotatable bonds is 3. The van der Waals surface area contributed by atoms with E-state index in [1.54, 1.807) is 12.5 Å². The molecular formula is C20H25N7O3. The fourth-order valence-electron chi connectivity index (χ4n) is 5.21. The summed E-state index contributed by atoms with van der Waals surface area (Å²) in [5.74, 6) is 1.17. The molecule has 2 aliphatic heterocycles. The Balaban J connectivity index is 1.30. The van der Waals surface area contributed by atoms with Crippen LogP contribution in [0.3, 0.4) is 0 Å². The van der Waals surface area contributed by atoms with Gasteiger partial charge in [-0.2, -0.15) is 10.1 Å². The fourth-order valence-corrected chi connectivity index (χ4v) is 5.21. The summed E-state index contributed by atoms with van der Waals surface area (Å²) in [6, 6.07) is 0.0491. The number of aromatic amines is 2. The lowest BCUT2D eigenvalue weighted by molar-refractivity contribution is 0.0973. The van der Waals surface area contributed by atoms with E-state index in [0.717, 1.165) is 44.5 Å². The second-order valence-corrected chi connectivity index (χ2v) is 9.00. The van der Waals surface area contributed by atoms with E-state index in [2.05, 4.69) is 30.0 Å². The number of nitrogens with one attached hydrogen (secondary N) is 2. The summed E-state index contributed by atoms with van der Waals surface area (Å²) in [6.45, 7) is 4.29.